The van der Waals surface area contributed by atoms with E-state index in [2.05, 4.69) is 25.2 Å². The Morgan fingerprint density at radius 3 is 2.36 bits per heavy atom. The van der Waals surface area contributed by atoms with Crippen molar-refractivity contribution in [1.29, 1.82) is 0 Å². The highest BCUT2D eigenvalue weighted by atomic mass is 32.2. The number of carbonyl (C=O) groups excluding carboxylic acids is 2. The van der Waals surface area contributed by atoms with Crippen molar-refractivity contribution in [3.8, 4) is 0 Å². The van der Waals surface area contributed by atoms with Crippen LogP contribution in [-0.4, -0.2) is 17.6 Å². The van der Waals surface area contributed by atoms with E-state index in [0.717, 1.165) is 16.9 Å². The number of para-hydroxylation sites is 1. The van der Waals surface area contributed by atoms with Gasteiger partial charge >= 0.3 is 0 Å². The molecule has 1 aliphatic rings. The monoisotopic (exact) mass is 396 g/mol. The summed E-state index contributed by atoms with van der Waals surface area (Å²) < 4.78 is 0. The molecule has 2 aromatic carbocycles. The molecule has 0 saturated carbocycles. The summed E-state index contributed by atoms with van der Waals surface area (Å²) in [5.74, 6) is 0.927. The molecule has 4 nitrogen and oxygen atoms in total. The number of rotatable bonds is 4. The van der Waals surface area contributed by atoms with Crippen LogP contribution in [0.3, 0.4) is 0 Å². The normalized spacial score (nSPS) is 17.3. The fourth-order valence-corrected chi connectivity index (χ4v) is 4.35. The maximum Gasteiger partial charge on any atom is 0.238 e. The number of anilines is 2. The summed E-state index contributed by atoms with van der Waals surface area (Å²) in [6.07, 6.45) is 0. The Balaban J connectivity index is 1.87. The van der Waals surface area contributed by atoms with Crippen LogP contribution in [0.25, 0.3) is 0 Å². The third-order valence-electron chi connectivity index (χ3n) is 4.82. The third-order valence-corrected chi connectivity index (χ3v) is 6.03. The molecule has 0 spiro atoms. The van der Waals surface area contributed by atoms with Crippen molar-refractivity contribution >= 4 is 35.0 Å². The van der Waals surface area contributed by atoms with Crippen LogP contribution in [-0.2, 0) is 9.59 Å². The first-order chi connectivity index (χ1) is 13.2. The maximum absolute atomic E-state index is 12.7. The van der Waals surface area contributed by atoms with Crippen LogP contribution in [0.1, 0.15) is 57.0 Å². The summed E-state index contributed by atoms with van der Waals surface area (Å²) in [6.45, 7) is 9.97. The van der Waals surface area contributed by atoms with Crippen molar-refractivity contribution in [2.24, 2.45) is 5.41 Å². The summed E-state index contributed by atoms with van der Waals surface area (Å²) in [6, 6.07) is 16.0. The Hall–Kier alpha value is -2.27. The zero-order chi connectivity index (χ0) is 20.5. The van der Waals surface area contributed by atoms with Crippen molar-refractivity contribution in [3.63, 3.8) is 0 Å². The molecule has 0 bridgehead atoms. The summed E-state index contributed by atoms with van der Waals surface area (Å²) in [5.41, 5.74) is 3.55. The van der Waals surface area contributed by atoms with E-state index in [1.807, 2.05) is 68.1 Å². The number of benzene rings is 2. The van der Waals surface area contributed by atoms with Crippen LogP contribution >= 0.6 is 11.8 Å². The SMILES string of the molecule is CC(C)c1ccccc1N1C(=O)CS[C@@H]1c1ccc(NC(=O)C(C)(C)C)cc1. The number of carbonyl (C=O) groups is 2. The van der Waals surface area contributed by atoms with E-state index in [1.165, 1.54) is 5.56 Å². The zero-order valence-corrected chi connectivity index (χ0v) is 18.0. The molecule has 0 radical (unpaired) electrons. The Kier molecular flexibility index (Phi) is 5.84. The van der Waals surface area contributed by atoms with E-state index in [4.69, 9.17) is 0 Å². The topological polar surface area (TPSA) is 49.4 Å². The molecule has 1 heterocycles. The number of nitrogens with zero attached hydrogens (tertiary/aromatic N) is 1. The molecule has 5 heteroatoms. The van der Waals surface area contributed by atoms with Gasteiger partial charge in [-0.2, -0.15) is 0 Å². The van der Waals surface area contributed by atoms with Gasteiger partial charge in [0.25, 0.3) is 0 Å². The number of thioether (sulfide) groups is 1. The highest BCUT2D eigenvalue weighted by molar-refractivity contribution is 8.00. The molecule has 1 aliphatic heterocycles. The highest BCUT2D eigenvalue weighted by Crippen LogP contribution is 2.44. The van der Waals surface area contributed by atoms with E-state index < -0.39 is 5.41 Å². The van der Waals surface area contributed by atoms with Crippen LogP contribution in [0.5, 0.6) is 0 Å². The minimum absolute atomic E-state index is 0.0156. The van der Waals surface area contributed by atoms with Gasteiger partial charge in [0, 0.05) is 16.8 Å². The number of amides is 2. The number of hydrogen-bond acceptors (Lipinski definition) is 3. The highest BCUT2D eigenvalue weighted by Gasteiger charge is 2.35. The Bertz CT molecular complexity index is 869. The van der Waals surface area contributed by atoms with Gasteiger partial charge < -0.3 is 5.32 Å². The molecule has 148 valence electrons. The summed E-state index contributed by atoms with van der Waals surface area (Å²) in [4.78, 5) is 26.8. The van der Waals surface area contributed by atoms with Crippen molar-refractivity contribution in [2.75, 3.05) is 16.0 Å². The molecule has 1 saturated heterocycles. The summed E-state index contributed by atoms with van der Waals surface area (Å²) in [7, 11) is 0. The van der Waals surface area contributed by atoms with Gasteiger partial charge in [0.2, 0.25) is 11.8 Å². The van der Waals surface area contributed by atoms with Gasteiger partial charge in [-0.05, 0) is 35.2 Å². The van der Waals surface area contributed by atoms with Crippen molar-refractivity contribution in [2.45, 2.75) is 45.9 Å². The molecule has 0 aromatic heterocycles. The molecule has 3 rings (SSSR count). The van der Waals surface area contributed by atoms with E-state index in [-0.39, 0.29) is 17.2 Å². The largest absolute Gasteiger partial charge is 0.326 e. The molecule has 28 heavy (non-hydrogen) atoms. The molecule has 1 N–H and O–H groups in total. The van der Waals surface area contributed by atoms with Gasteiger partial charge in [0.1, 0.15) is 5.37 Å². The van der Waals surface area contributed by atoms with E-state index in [0.29, 0.717) is 11.7 Å². The average molecular weight is 397 g/mol. The van der Waals surface area contributed by atoms with Gasteiger partial charge in [0.05, 0.1) is 5.75 Å². The lowest BCUT2D eigenvalue weighted by Crippen LogP contribution is -2.29. The minimum atomic E-state index is -0.441. The first-order valence-corrected chi connectivity index (χ1v) is 10.7. The molecule has 1 atom stereocenters. The smallest absolute Gasteiger partial charge is 0.238 e. The second-order valence-electron chi connectivity index (χ2n) is 8.47. The molecule has 0 unspecified atom stereocenters. The van der Waals surface area contributed by atoms with E-state index >= 15 is 0 Å². The Morgan fingerprint density at radius 1 is 1.11 bits per heavy atom. The fourth-order valence-electron chi connectivity index (χ4n) is 3.18. The van der Waals surface area contributed by atoms with Crippen LogP contribution < -0.4 is 10.2 Å². The van der Waals surface area contributed by atoms with E-state index in [1.54, 1.807) is 11.8 Å². The second kappa shape index (κ2) is 8.00. The molecule has 0 aliphatic carbocycles. The predicted molar refractivity (Wildman–Crippen MR) is 118 cm³/mol. The predicted octanol–water partition coefficient (Wildman–Crippen LogP) is 5.57. The summed E-state index contributed by atoms with van der Waals surface area (Å²) >= 11 is 1.64. The van der Waals surface area contributed by atoms with Gasteiger partial charge in [-0.1, -0.05) is 65.0 Å². The lowest BCUT2D eigenvalue weighted by Gasteiger charge is -2.28. The van der Waals surface area contributed by atoms with Crippen LogP contribution in [0.2, 0.25) is 0 Å². The molecule has 1 fully saturated rings. The third kappa shape index (κ3) is 4.25. The van der Waals surface area contributed by atoms with Crippen molar-refractivity contribution < 1.29 is 9.59 Å². The van der Waals surface area contributed by atoms with Crippen molar-refractivity contribution in [3.05, 3.63) is 59.7 Å². The lowest BCUT2D eigenvalue weighted by atomic mass is 9.95. The molecular formula is C23H28N2O2S. The molecular weight excluding hydrogens is 368 g/mol. The molecule has 2 aromatic rings. The Labute approximate surface area is 171 Å². The van der Waals surface area contributed by atoms with Crippen LogP contribution in [0.4, 0.5) is 11.4 Å². The lowest BCUT2D eigenvalue weighted by molar-refractivity contribution is -0.123. The zero-order valence-electron chi connectivity index (χ0n) is 17.2. The number of hydrogen-bond donors (Lipinski definition) is 1. The standard InChI is InChI=1S/C23H28N2O2S/c1-15(2)18-8-6-7-9-19(18)25-20(26)14-28-21(25)16-10-12-17(13-11-16)24-22(27)23(3,4)5/h6-13,15,21H,14H2,1-5H3,(H,24,27)/t21-/m1/s1. The van der Waals surface area contributed by atoms with Crippen molar-refractivity contribution in [1.82, 2.24) is 0 Å². The van der Waals surface area contributed by atoms with Gasteiger partial charge in [-0.25, -0.2) is 0 Å². The van der Waals surface area contributed by atoms with Gasteiger partial charge in [0.15, 0.2) is 0 Å². The second-order valence-corrected chi connectivity index (χ2v) is 9.54. The minimum Gasteiger partial charge on any atom is -0.326 e. The Morgan fingerprint density at radius 2 is 1.75 bits per heavy atom. The van der Waals surface area contributed by atoms with Gasteiger partial charge in [-0.3, -0.25) is 14.5 Å². The summed E-state index contributed by atoms with van der Waals surface area (Å²) in [5, 5.41) is 2.89. The molecule has 2 amide bonds. The first kappa shape index (κ1) is 20.5. The number of nitrogens with one attached hydrogen (secondary N) is 1. The van der Waals surface area contributed by atoms with Gasteiger partial charge in [-0.15, -0.1) is 11.8 Å². The maximum atomic E-state index is 12.7. The first-order valence-electron chi connectivity index (χ1n) is 9.62. The quantitative estimate of drug-likeness (QED) is 0.735. The fraction of sp³-hybridized carbons (Fsp3) is 0.391. The van der Waals surface area contributed by atoms with Crippen LogP contribution in [0.15, 0.2) is 48.5 Å². The average Bonchev–Trinajstić information content (AvgIpc) is 3.03. The van der Waals surface area contributed by atoms with Crippen LogP contribution in [0, 0.1) is 5.41 Å². The van der Waals surface area contributed by atoms with E-state index in [9.17, 15) is 9.59 Å².